The average Bonchev–Trinajstić information content (AvgIpc) is 3.66. The Hall–Kier alpha value is -3.08. The molecule has 1 aliphatic carbocycles. The maximum atomic E-state index is 13.5. The lowest BCUT2D eigenvalue weighted by atomic mass is 10.0. The molecule has 2 amide bonds. The van der Waals surface area contributed by atoms with Crippen molar-refractivity contribution in [2.24, 2.45) is 11.8 Å². The van der Waals surface area contributed by atoms with Crippen molar-refractivity contribution in [2.75, 3.05) is 50.1 Å². The largest absolute Gasteiger partial charge is 0.416 e. The molecule has 2 saturated heterocycles. The van der Waals surface area contributed by atoms with Gasteiger partial charge in [-0.3, -0.25) is 9.69 Å². The number of carbonyl (C=O) groups excluding carboxylic acids is 2. The molecule has 3 atom stereocenters. The summed E-state index contributed by atoms with van der Waals surface area (Å²) >= 11 is 0. The van der Waals surface area contributed by atoms with Gasteiger partial charge in [-0.05, 0) is 68.3 Å². The van der Waals surface area contributed by atoms with Gasteiger partial charge in [0.1, 0.15) is 0 Å². The Kier molecular flexibility index (Phi) is 7.15. The second kappa shape index (κ2) is 10.2. The molecule has 11 heteroatoms. The van der Waals surface area contributed by atoms with Gasteiger partial charge in [-0.15, -0.1) is 0 Å². The van der Waals surface area contributed by atoms with E-state index in [9.17, 15) is 22.8 Å². The highest BCUT2D eigenvalue weighted by Crippen LogP contribution is 2.41. The second-order valence-electron chi connectivity index (χ2n) is 11.0. The zero-order chi connectivity index (χ0) is 27.2. The third-order valence-corrected chi connectivity index (χ3v) is 8.52. The van der Waals surface area contributed by atoms with Crippen LogP contribution in [0.25, 0.3) is 0 Å². The molecule has 1 aromatic heterocycles. The van der Waals surface area contributed by atoms with Gasteiger partial charge in [-0.25, -0.2) is 4.79 Å². The molecule has 5 rings (SSSR count). The Morgan fingerprint density at radius 1 is 1.08 bits per heavy atom. The van der Waals surface area contributed by atoms with Crippen molar-refractivity contribution in [3.63, 3.8) is 0 Å². The van der Waals surface area contributed by atoms with Gasteiger partial charge in [-0.2, -0.15) is 23.0 Å². The molecule has 2 aliphatic heterocycles. The molecular weight excluding hydrogens is 497 g/mol. The van der Waals surface area contributed by atoms with Crippen LogP contribution in [0.3, 0.4) is 0 Å². The van der Waals surface area contributed by atoms with Gasteiger partial charge < -0.3 is 14.7 Å². The number of amides is 2. The molecule has 0 bridgehead atoms. The van der Waals surface area contributed by atoms with Crippen molar-refractivity contribution in [1.29, 1.82) is 0 Å². The highest BCUT2D eigenvalue weighted by Gasteiger charge is 2.44. The van der Waals surface area contributed by atoms with Gasteiger partial charge in [0, 0.05) is 58.4 Å². The number of rotatable bonds is 5. The molecule has 1 aromatic carbocycles. The predicted octanol–water partition coefficient (Wildman–Crippen LogP) is 4.30. The summed E-state index contributed by atoms with van der Waals surface area (Å²) in [5.74, 6) is 0.558. The van der Waals surface area contributed by atoms with Crippen LogP contribution in [0.5, 0.6) is 0 Å². The molecule has 3 heterocycles. The molecule has 0 spiro atoms. The normalized spacial score (nSPS) is 23.4. The van der Waals surface area contributed by atoms with Crippen LogP contribution >= 0.6 is 0 Å². The van der Waals surface area contributed by atoms with Crippen LogP contribution in [0.2, 0.25) is 0 Å². The summed E-state index contributed by atoms with van der Waals surface area (Å²) in [7, 11) is 3.64. The lowest BCUT2D eigenvalue weighted by molar-refractivity contribution is -0.137. The number of halogens is 3. The minimum atomic E-state index is -4.37. The summed E-state index contributed by atoms with van der Waals surface area (Å²) in [6, 6.07) is 4.21. The van der Waals surface area contributed by atoms with E-state index in [1.54, 1.807) is 19.3 Å². The Morgan fingerprint density at radius 2 is 1.74 bits per heavy atom. The SMILES string of the molecule is CC(=O)N(C)c1cnn(C(=O)N2C[C@H]3C[C@H](N(C)Cc4cc(C(F)(F)F)ccc4N4CCCC4)C[C@H]3C2)c1. The van der Waals surface area contributed by atoms with Crippen molar-refractivity contribution in [2.45, 2.75) is 51.4 Å². The van der Waals surface area contributed by atoms with Crippen molar-refractivity contribution < 1.29 is 22.8 Å². The van der Waals surface area contributed by atoms with Crippen LogP contribution in [0.15, 0.2) is 30.6 Å². The Balaban J connectivity index is 1.22. The summed E-state index contributed by atoms with van der Waals surface area (Å²) in [5.41, 5.74) is 1.60. The Labute approximate surface area is 221 Å². The number of fused-ring (bicyclic) bond motifs is 1. The molecule has 0 radical (unpaired) electrons. The number of alkyl halides is 3. The molecule has 1 saturated carbocycles. The van der Waals surface area contributed by atoms with Gasteiger partial charge in [0.25, 0.3) is 0 Å². The number of hydrogen-bond acceptors (Lipinski definition) is 5. The molecule has 3 aliphatic rings. The smallest absolute Gasteiger partial charge is 0.371 e. The second-order valence-corrected chi connectivity index (χ2v) is 11.0. The van der Waals surface area contributed by atoms with E-state index in [0.29, 0.717) is 37.2 Å². The molecule has 3 fully saturated rings. The van der Waals surface area contributed by atoms with E-state index >= 15 is 0 Å². The number of hydrogen-bond donors (Lipinski definition) is 0. The first-order chi connectivity index (χ1) is 18.0. The maximum Gasteiger partial charge on any atom is 0.416 e. The number of benzene rings is 1. The minimum Gasteiger partial charge on any atom is -0.371 e. The van der Waals surface area contributed by atoms with E-state index in [2.05, 4.69) is 14.9 Å². The quantitative estimate of drug-likeness (QED) is 0.575. The Morgan fingerprint density at radius 3 is 2.34 bits per heavy atom. The topological polar surface area (TPSA) is 64.9 Å². The fourth-order valence-corrected chi connectivity index (χ4v) is 6.25. The Bertz CT molecular complexity index is 1180. The van der Waals surface area contributed by atoms with Crippen molar-refractivity contribution >= 4 is 23.3 Å². The zero-order valence-electron chi connectivity index (χ0n) is 22.1. The first kappa shape index (κ1) is 26.5. The molecule has 2 aromatic rings. The van der Waals surface area contributed by atoms with E-state index in [1.807, 2.05) is 11.9 Å². The predicted molar refractivity (Wildman–Crippen MR) is 138 cm³/mol. The summed E-state index contributed by atoms with van der Waals surface area (Å²) in [5, 5.41) is 4.15. The van der Waals surface area contributed by atoms with E-state index in [0.717, 1.165) is 50.0 Å². The summed E-state index contributed by atoms with van der Waals surface area (Å²) < 4.78 is 41.8. The minimum absolute atomic E-state index is 0.138. The fourth-order valence-electron chi connectivity index (χ4n) is 6.25. The number of anilines is 2. The highest BCUT2D eigenvalue weighted by atomic mass is 19.4. The zero-order valence-corrected chi connectivity index (χ0v) is 22.1. The van der Waals surface area contributed by atoms with Gasteiger partial charge in [0.15, 0.2) is 0 Å². The van der Waals surface area contributed by atoms with Crippen LogP contribution in [-0.2, 0) is 17.5 Å². The van der Waals surface area contributed by atoms with Crippen LogP contribution in [0.4, 0.5) is 29.3 Å². The molecule has 206 valence electrons. The standard InChI is InChI=1S/C27H35F3N6O2/c1-18(37)33(3)24-13-31-36(17-24)26(38)35-15-19-11-23(12-20(19)16-35)32(2)14-21-10-22(27(28,29)30)6-7-25(21)34-8-4-5-9-34/h6-7,10,13,17,19-20,23H,4-5,8-9,11-12,14-16H2,1-3H3/t19-,20+,23+. The average molecular weight is 533 g/mol. The van der Waals surface area contributed by atoms with E-state index < -0.39 is 11.7 Å². The van der Waals surface area contributed by atoms with Crippen LogP contribution in [0, 0.1) is 11.8 Å². The van der Waals surface area contributed by atoms with Gasteiger partial charge >= 0.3 is 12.2 Å². The van der Waals surface area contributed by atoms with Gasteiger partial charge in [0.2, 0.25) is 5.91 Å². The first-order valence-corrected chi connectivity index (χ1v) is 13.2. The maximum absolute atomic E-state index is 13.5. The summed E-state index contributed by atoms with van der Waals surface area (Å²) in [6.07, 6.45) is 2.64. The monoisotopic (exact) mass is 532 g/mol. The number of nitrogens with zero attached hydrogens (tertiary/aromatic N) is 6. The lowest BCUT2D eigenvalue weighted by Crippen LogP contribution is -2.36. The lowest BCUT2D eigenvalue weighted by Gasteiger charge is -2.29. The van der Waals surface area contributed by atoms with Crippen molar-refractivity contribution in [3.8, 4) is 0 Å². The van der Waals surface area contributed by atoms with Crippen molar-refractivity contribution in [1.82, 2.24) is 19.6 Å². The third kappa shape index (κ3) is 5.25. The number of carbonyl (C=O) groups is 2. The van der Waals surface area contributed by atoms with Crippen LogP contribution < -0.4 is 9.80 Å². The van der Waals surface area contributed by atoms with E-state index in [1.165, 1.54) is 34.8 Å². The summed E-state index contributed by atoms with van der Waals surface area (Å²) in [4.78, 5) is 32.3. The molecule has 38 heavy (non-hydrogen) atoms. The van der Waals surface area contributed by atoms with Gasteiger partial charge in [-0.1, -0.05) is 0 Å². The number of likely N-dealkylation sites (tertiary alicyclic amines) is 1. The van der Waals surface area contributed by atoms with Crippen LogP contribution in [-0.4, -0.2) is 77.8 Å². The van der Waals surface area contributed by atoms with E-state index in [4.69, 9.17) is 0 Å². The van der Waals surface area contributed by atoms with Crippen LogP contribution in [0.1, 0.15) is 43.7 Å². The highest BCUT2D eigenvalue weighted by molar-refractivity contribution is 5.91. The molecule has 8 nitrogen and oxygen atoms in total. The number of aromatic nitrogens is 2. The summed E-state index contributed by atoms with van der Waals surface area (Å²) in [6.45, 7) is 4.93. The third-order valence-electron chi connectivity index (χ3n) is 8.52. The van der Waals surface area contributed by atoms with Crippen molar-refractivity contribution in [3.05, 3.63) is 41.7 Å². The first-order valence-electron chi connectivity index (χ1n) is 13.2. The fraction of sp³-hybridized carbons (Fsp3) is 0.593. The van der Waals surface area contributed by atoms with E-state index in [-0.39, 0.29) is 18.0 Å². The molecule has 0 unspecified atom stereocenters. The molecule has 0 N–H and O–H groups in total. The molecular formula is C27H35F3N6O2. The van der Waals surface area contributed by atoms with Gasteiger partial charge in [0.05, 0.1) is 23.6 Å².